The number of amides is 1. The summed E-state index contributed by atoms with van der Waals surface area (Å²) < 4.78 is 10.3. The first kappa shape index (κ1) is 21.6. The molecule has 2 aromatic rings. The number of benzene rings is 2. The van der Waals surface area contributed by atoms with E-state index in [-0.39, 0.29) is 24.5 Å². The summed E-state index contributed by atoms with van der Waals surface area (Å²) in [5.41, 5.74) is 2.45. The molecule has 1 heterocycles. The number of Topliss-reactive ketones (excluding diaryl/α,β-unsaturated/α-hetero) is 1. The number of carbonyl (C=O) groups excluding carboxylic acids is 2. The number of carbonyl (C=O) groups is 2. The second-order valence-corrected chi connectivity index (χ2v) is 7.54. The Labute approximate surface area is 176 Å². The fraction of sp³-hybridized carbons (Fsp3) is 0.333. The smallest absolute Gasteiger partial charge is 0.295 e. The molecular formula is C24H27NO5. The highest BCUT2D eigenvalue weighted by Gasteiger charge is 2.45. The minimum atomic E-state index is -0.697. The molecule has 30 heavy (non-hydrogen) atoms. The second kappa shape index (κ2) is 9.13. The molecule has 6 nitrogen and oxygen atoms in total. The number of aliphatic hydroxyl groups excluding tert-OH is 1. The Morgan fingerprint density at radius 1 is 1.03 bits per heavy atom. The largest absolute Gasteiger partial charge is 0.507 e. The molecule has 1 N–H and O–H groups in total. The molecule has 0 aromatic heterocycles. The molecule has 1 unspecified atom stereocenters. The maximum atomic E-state index is 12.9. The topological polar surface area (TPSA) is 76.1 Å². The molecule has 1 aliphatic heterocycles. The Morgan fingerprint density at radius 2 is 1.67 bits per heavy atom. The molecule has 0 spiro atoms. The molecule has 1 aliphatic rings. The number of nitrogens with zero attached hydrogens (tertiary/aromatic N) is 1. The van der Waals surface area contributed by atoms with Crippen LogP contribution in [0.25, 0.3) is 5.76 Å². The molecule has 1 amide bonds. The van der Waals surface area contributed by atoms with Crippen molar-refractivity contribution >= 4 is 17.4 Å². The predicted molar refractivity (Wildman–Crippen MR) is 114 cm³/mol. The molecule has 1 saturated heterocycles. The van der Waals surface area contributed by atoms with E-state index in [0.717, 1.165) is 11.1 Å². The van der Waals surface area contributed by atoms with Crippen LogP contribution in [0.4, 0.5) is 0 Å². The summed E-state index contributed by atoms with van der Waals surface area (Å²) in [4.78, 5) is 27.1. The van der Waals surface area contributed by atoms with Gasteiger partial charge in [-0.1, -0.05) is 38.1 Å². The van der Waals surface area contributed by atoms with Gasteiger partial charge in [0.1, 0.15) is 11.5 Å². The lowest BCUT2D eigenvalue weighted by molar-refractivity contribution is -0.140. The SMILES string of the molecule is COCCN1C(=O)C(=O)C(=C(O)c2ccc(OC)cc2)C1c1ccc(C(C)C)cc1. The molecule has 1 atom stereocenters. The number of methoxy groups -OCH3 is 2. The maximum absolute atomic E-state index is 12.9. The number of likely N-dealkylation sites (tertiary alicyclic amines) is 1. The average molecular weight is 409 g/mol. The lowest BCUT2D eigenvalue weighted by Crippen LogP contribution is -2.32. The number of rotatable bonds is 7. The van der Waals surface area contributed by atoms with Gasteiger partial charge in [0.25, 0.3) is 11.7 Å². The molecule has 0 bridgehead atoms. The van der Waals surface area contributed by atoms with Crippen molar-refractivity contribution in [2.24, 2.45) is 0 Å². The van der Waals surface area contributed by atoms with Crippen molar-refractivity contribution < 1.29 is 24.2 Å². The normalized spacial score (nSPS) is 18.3. The first-order chi connectivity index (χ1) is 14.4. The highest BCUT2D eigenvalue weighted by atomic mass is 16.5. The van der Waals surface area contributed by atoms with E-state index in [4.69, 9.17) is 9.47 Å². The van der Waals surface area contributed by atoms with Crippen molar-refractivity contribution in [2.75, 3.05) is 27.4 Å². The van der Waals surface area contributed by atoms with E-state index in [1.54, 1.807) is 38.5 Å². The summed E-state index contributed by atoms with van der Waals surface area (Å²) in [5.74, 6) is -0.544. The predicted octanol–water partition coefficient (Wildman–Crippen LogP) is 3.89. The van der Waals surface area contributed by atoms with Gasteiger partial charge in [-0.3, -0.25) is 9.59 Å². The third kappa shape index (κ3) is 4.09. The molecule has 0 radical (unpaired) electrons. The first-order valence-corrected chi connectivity index (χ1v) is 9.90. The summed E-state index contributed by atoms with van der Waals surface area (Å²) in [6.07, 6.45) is 0. The van der Waals surface area contributed by atoms with E-state index >= 15 is 0 Å². The quantitative estimate of drug-likeness (QED) is 0.427. The number of hydrogen-bond acceptors (Lipinski definition) is 5. The van der Waals surface area contributed by atoms with E-state index in [0.29, 0.717) is 17.2 Å². The molecule has 0 saturated carbocycles. The zero-order chi connectivity index (χ0) is 21.8. The lowest BCUT2D eigenvalue weighted by Gasteiger charge is -2.25. The molecule has 3 rings (SSSR count). The van der Waals surface area contributed by atoms with Crippen molar-refractivity contribution in [3.8, 4) is 5.75 Å². The Bertz CT molecular complexity index is 945. The van der Waals surface area contributed by atoms with Crippen molar-refractivity contribution in [2.45, 2.75) is 25.8 Å². The Balaban J connectivity index is 2.11. The van der Waals surface area contributed by atoms with Gasteiger partial charge in [-0.05, 0) is 41.3 Å². The van der Waals surface area contributed by atoms with Gasteiger partial charge < -0.3 is 19.5 Å². The summed E-state index contributed by atoms with van der Waals surface area (Å²) >= 11 is 0. The first-order valence-electron chi connectivity index (χ1n) is 9.90. The third-order valence-corrected chi connectivity index (χ3v) is 5.36. The maximum Gasteiger partial charge on any atom is 0.295 e. The number of ether oxygens (including phenoxy) is 2. The van der Waals surface area contributed by atoms with Gasteiger partial charge in [-0.15, -0.1) is 0 Å². The van der Waals surface area contributed by atoms with Gasteiger partial charge in [0.2, 0.25) is 0 Å². The third-order valence-electron chi connectivity index (χ3n) is 5.36. The highest BCUT2D eigenvalue weighted by molar-refractivity contribution is 6.46. The Hall–Kier alpha value is -3.12. The second-order valence-electron chi connectivity index (χ2n) is 7.54. The zero-order valence-electron chi connectivity index (χ0n) is 17.7. The van der Waals surface area contributed by atoms with Crippen LogP contribution in [-0.4, -0.2) is 49.1 Å². The Kier molecular flexibility index (Phi) is 6.57. The van der Waals surface area contributed by atoms with Gasteiger partial charge in [0.15, 0.2) is 0 Å². The van der Waals surface area contributed by atoms with Crippen LogP contribution in [0.1, 0.15) is 42.5 Å². The molecular weight excluding hydrogens is 382 g/mol. The highest BCUT2D eigenvalue weighted by Crippen LogP contribution is 2.39. The monoisotopic (exact) mass is 409 g/mol. The van der Waals surface area contributed by atoms with E-state index in [1.165, 1.54) is 4.90 Å². The molecule has 2 aromatic carbocycles. The van der Waals surface area contributed by atoms with Gasteiger partial charge in [0.05, 0.1) is 25.3 Å². The molecule has 0 aliphatic carbocycles. The van der Waals surface area contributed by atoms with Gasteiger partial charge >= 0.3 is 0 Å². The number of hydrogen-bond donors (Lipinski definition) is 1. The van der Waals surface area contributed by atoms with Crippen LogP contribution >= 0.6 is 0 Å². The van der Waals surface area contributed by atoms with Crippen LogP contribution in [-0.2, 0) is 14.3 Å². The van der Waals surface area contributed by atoms with E-state index in [2.05, 4.69) is 13.8 Å². The van der Waals surface area contributed by atoms with Crippen LogP contribution in [0.2, 0.25) is 0 Å². The van der Waals surface area contributed by atoms with Crippen molar-refractivity contribution in [3.05, 3.63) is 70.8 Å². The molecule has 6 heteroatoms. The molecule has 1 fully saturated rings. The number of aliphatic hydroxyl groups is 1. The van der Waals surface area contributed by atoms with Crippen LogP contribution in [0.3, 0.4) is 0 Å². The summed E-state index contributed by atoms with van der Waals surface area (Å²) in [6, 6.07) is 13.8. The minimum Gasteiger partial charge on any atom is -0.507 e. The van der Waals surface area contributed by atoms with E-state index in [9.17, 15) is 14.7 Å². The lowest BCUT2D eigenvalue weighted by atomic mass is 9.93. The van der Waals surface area contributed by atoms with Crippen LogP contribution in [0.5, 0.6) is 5.75 Å². The van der Waals surface area contributed by atoms with E-state index < -0.39 is 17.7 Å². The van der Waals surface area contributed by atoms with Crippen LogP contribution in [0, 0.1) is 0 Å². The van der Waals surface area contributed by atoms with Crippen LogP contribution < -0.4 is 4.74 Å². The minimum absolute atomic E-state index is 0.0820. The van der Waals surface area contributed by atoms with Gasteiger partial charge in [-0.2, -0.15) is 0 Å². The zero-order valence-corrected chi connectivity index (χ0v) is 17.7. The average Bonchev–Trinajstić information content (AvgIpc) is 3.02. The summed E-state index contributed by atoms with van der Waals surface area (Å²) in [5, 5.41) is 11.0. The van der Waals surface area contributed by atoms with Gasteiger partial charge in [0, 0.05) is 19.2 Å². The van der Waals surface area contributed by atoms with Crippen molar-refractivity contribution in [3.63, 3.8) is 0 Å². The summed E-state index contributed by atoms with van der Waals surface area (Å²) in [6.45, 7) is 4.74. The standard InChI is InChI=1S/C24H27NO5/c1-15(2)16-5-7-17(8-6-16)21-20(23(27)24(28)25(21)13-14-29-3)22(26)18-9-11-19(30-4)12-10-18/h5-12,15,21,26H,13-14H2,1-4H3. The molecule has 158 valence electrons. The van der Waals surface area contributed by atoms with E-state index in [1.807, 2.05) is 24.3 Å². The number of ketones is 1. The fourth-order valence-electron chi connectivity index (χ4n) is 3.61. The summed E-state index contributed by atoms with van der Waals surface area (Å²) in [7, 11) is 3.09. The Morgan fingerprint density at radius 3 is 2.20 bits per heavy atom. The van der Waals surface area contributed by atoms with Crippen LogP contribution in [0.15, 0.2) is 54.1 Å². The fourth-order valence-corrected chi connectivity index (χ4v) is 3.61. The van der Waals surface area contributed by atoms with Crippen molar-refractivity contribution in [1.29, 1.82) is 0 Å². The van der Waals surface area contributed by atoms with Gasteiger partial charge in [-0.25, -0.2) is 0 Å². The van der Waals surface area contributed by atoms with Crippen molar-refractivity contribution in [1.82, 2.24) is 4.90 Å².